The number of nitrogens with zero attached hydrogens (tertiary/aromatic N) is 2. The minimum atomic E-state index is -0.444. The van der Waals surface area contributed by atoms with Crippen LogP contribution >= 0.6 is 0 Å². The van der Waals surface area contributed by atoms with Gasteiger partial charge >= 0.3 is 0 Å². The van der Waals surface area contributed by atoms with E-state index in [2.05, 4.69) is 12.2 Å². The van der Waals surface area contributed by atoms with Gasteiger partial charge in [-0.1, -0.05) is 31.2 Å². The molecule has 0 saturated carbocycles. The van der Waals surface area contributed by atoms with Crippen molar-refractivity contribution in [2.45, 2.75) is 19.9 Å². The Labute approximate surface area is 186 Å². The normalized spacial score (nSPS) is 10.7. The lowest BCUT2D eigenvalue weighted by atomic mass is 10.1. The summed E-state index contributed by atoms with van der Waals surface area (Å²) in [4.78, 5) is 12.5. The summed E-state index contributed by atoms with van der Waals surface area (Å²) in [5.74, 6) is 0.0193. The summed E-state index contributed by atoms with van der Waals surface area (Å²) in [6, 6.07) is 23.2. The zero-order valence-electron chi connectivity index (χ0n) is 17.8. The van der Waals surface area contributed by atoms with Crippen molar-refractivity contribution in [1.82, 2.24) is 15.1 Å². The first-order valence-electron chi connectivity index (χ1n) is 10.5. The van der Waals surface area contributed by atoms with Crippen LogP contribution in [0.1, 0.15) is 29.3 Å². The zero-order chi connectivity index (χ0) is 22.3. The Morgan fingerprint density at radius 1 is 1.03 bits per heavy atom. The SMILES string of the molecule is CCCOc1ccc(-c2nn(-c3ccccc3)cc2CNC(=O)c2cccc(F)c2)cc1. The van der Waals surface area contributed by atoms with Crippen LogP contribution < -0.4 is 10.1 Å². The number of nitrogens with one attached hydrogen (secondary N) is 1. The van der Waals surface area contributed by atoms with Gasteiger partial charge in [0.05, 0.1) is 18.0 Å². The van der Waals surface area contributed by atoms with Crippen molar-refractivity contribution in [3.05, 3.63) is 102 Å². The Balaban J connectivity index is 1.61. The van der Waals surface area contributed by atoms with Gasteiger partial charge in [-0.25, -0.2) is 9.07 Å². The van der Waals surface area contributed by atoms with E-state index in [1.165, 1.54) is 18.2 Å². The van der Waals surface area contributed by atoms with Crippen molar-refractivity contribution in [3.8, 4) is 22.7 Å². The molecular weight excluding hydrogens is 405 g/mol. The molecule has 0 unspecified atom stereocenters. The lowest BCUT2D eigenvalue weighted by Gasteiger charge is -2.07. The number of benzene rings is 3. The first kappa shape index (κ1) is 21.3. The molecule has 0 aliphatic rings. The minimum absolute atomic E-state index is 0.256. The number of hydrogen-bond acceptors (Lipinski definition) is 3. The Morgan fingerprint density at radius 2 is 1.81 bits per heavy atom. The van der Waals surface area contributed by atoms with Crippen LogP contribution in [0.2, 0.25) is 0 Å². The topological polar surface area (TPSA) is 56.1 Å². The average molecular weight is 429 g/mol. The zero-order valence-corrected chi connectivity index (χ0v) is 17.8. The van der Waals surface area contributed by atoms with Crippen molar-refractivity contribution < 1.29 is 13.9 Å². The third-order valence-corrected chi connectivity index (χ3v) is 4.94. The minimum Gasteiger partial charge on any atom is -0.494 e. The van der Waals surface area contributed by atoms with E-state index in [1.54, 1.807) is 10.7 Å². The molecule has 3 aromatic carbocycles. The lowest BCUT2D eigenvalue weighted by Crippen LogP contribution is -2.23. The van der Waals surface area contributed by atoms with Crippen LogP contribution in [0.25, 0.3) is 16.9 Å². The van der Waals surface area contributed by atoms with Crippen LogP contribution in [0, 0.1) is 5.82 Å². The molecule has 4 rings (SSSR count). The highest BCUT2D eigenvalue weighted by molar-refractivity contribution is 5.94. The van der Waals surface area contributed by atoms with Gasteiger partial charge in [-0.05, 0) is 61.0 Å². The maximum atomic E-state index is 13.5. The maximum absolute atomic E-state index is 13.5. The largest absolute Gasteiger partial charge is 0.494 e. The summed E-state index contributed by atoms with van der Waals surface area (Å²) in [6.45, 7) is 2.99. The summed E-state index contributed by atoms with van der Waals surface area (Å²) in [6.07, 6.45) is 2.84. The highest BCUT2D eigenvalue weighted by atomic mass is 19.1. The molecule has 0 aliphatic carbocycles. The van der Waals surface area contributed by atoms with Gasteiger partial charge < -0.3 is 10.1 Å². The predicted molar refractivity (Wildman–Crippen MR) is 122 cm³/mol. The molecule has 6 heteroatoms. The molecule has 1 heterocycles. The quantitative estimate of drug-likeness (QED) is 0.408. The van der Waals surface area contributed by atoms with E-state index >= 15 is 0 Å². The molecule has 162 valence electrons. The third-order valence-electron chi connectivity index (χ3n) is 4.94. The van der Waals surface area contributed by atoms with Crippen molar-refractivity contribution >= 4 is 5.91 Å². The molecule has 32 heavy (non-hydrogen) atoms. The lowest BCUT2D eigenvalue weighted by molar-refractivity contribution is 0.0950. The van der Waals surface area contributed by atoms with E-state index < -0.39 is 5.82 Å². The van der Waals surface area contributed by atoms with Gasteiger partial charge in [-0.2, -0.15) is 5.10 Å². The van der Waals surface area contributed by atoms with Gasteiger partial charge in [0.1, 0.15) is 11.6 Å². The second kappa shape index (κ2) is 9.92. The fourth-order valence-corrected chi connectivity index (χ4v) is 3.33. The van der Waals surface area contributed by atoms with Crippen LogP contribution in [-0.2, 0) is 6.54 Å². The number of halogens is 1. The summed E-state index contributed by atoms with van der Waals surface area (Å²) in [5, 5.41) is 7.64. The number of carbonyl (C=O) groups excluding carboxylic acids is 1. The number of para-hydroxylation sites is 1. The highest BCUT2D eigenvalue weighted by Crippen LogP contribution is 2.26. The van der Waals surface area contributed by atoms with Crippen LogP contribution in [0.4, 0.5) is 4.39 Å². The van der Waals surface area contributed by atoms with Crippen LogP contribution in [0.15, 0.2) is 85.1 Å². The second-order valence-electron chi connectivity index (χ2n) is 7.35. The van der Waals surface area contributed by atoms with Gasteiger partial charge in [0.15, 0.2) is 0 Å². The first-order valence-corrected chi connectivity index (χ1v) is 10.5. The fraction of sp³-hybridized carbons (Fsp3) is 0.154. The average Bonchev–Trinajstić information content (AvgIpc) is 3.26. The monoisotopic (exact) mass is 429 g/mol. The highest BCUT2D eigenvalue weighted by Gasteiger charge is 2.14. The number of hydrogen-bond donors (Lipinski definition) is 1. The molecule has 0 saturated heterocycles. The molecule has 5 nitrogen and oxygen atoms in total. The van der Waals surface area contributed by atoms with E-state index in [9.17, 15) is 9.18 Å². The molecule has 4 aromatic rings. The molecule has 0 atom stereocenters. The van der Waals surface area contributed by atoms with Gasteiger partial charge in [0.25, 0.3) is 5.91 Å². The smallest absolute Gasteiger partial charge is 0.251 e. The number of carbonyl (C=O) groups is 1. The van der Waals surface area contributed by atoms with Gasteiger partial charge in [-0.3, -0.25) is 4.79 Å². The molecule has 0 radical (unpaired) electrons. The van der Waals surface area contributed by atoms with E-state index in [0.29, 0.717) is 6.61 Å². The van der Waals surface area contributed by atoms with Crippen molar-refractivity contribution in [1.29, 1.82) is 0 Å². The summed E-state index contributed by atoms with van der Waals surface area (Å²) in [5.41, 5.74) is 3.72. The standard InChI is InChI=1S/C26H24FN3O2/c1-2-15-32-24-13-11-19(12-14-24)25-21(18-30(29-25)23-9-4-3-5-10-23)17-28-26(31)20-7-6-8-22(27)16-20/h3-14,16,18H,2,15,17H2,1H3,(H,28,31). The van der Waals surface area contributed by atoms with Crippen molar-refractivity contribution in [3.63, 3.8) is 0 Å². The molecule has 0 bridgehead atoms. The van der Waals surface area contributed by atoms with Gasteiger partial charge in [-0.15, -0.1) is 0 Å². The number of ether oxygens (including phenoxy) is 1. The predicted octanol–water partition coefficient (Wildman–Crippen LogP) is 5.40. The molecular formula is C26H24FN3O2. The van der Waals surface area contributed by atoms with Crippen molar-refractivity contribution in [2.24, 2.45) is 0 Å². The van der Waals surface area contributed by atoms with E-state index in [1.807, 2.05) is 60.8 Å². The number of rotatable bonds is 8. The van der Waals surface area contributed by atoms with Crippen LogP contribution in [0.3, 0.4) is 0 Å². The Hall–Kier alpha value is -3.93. The van der Waals surface area contributed by atoms with Crippen molar-refractivity contribution in [2.75, 3.05) is 6.61 Å². The maximum Gasteiger partial charge on any atom is 0.251 e. The summed E-state index contributed by atoms with van der Waals surface area (Å²) >= 11 is 0. The first-order chi connectivity index (χ1) is 15.6. The molecule has 0 spiro atoms. The second-order valence-corrected chi connectivity index (χ2v) is 7.35. The molecule has 1 amide bonds. The van der Waals surface area contributed by atoms with Gasteiger partial charge in [0.2, 0.25) is 0 Å². The van der Waals surface area contributed by atoms with Crippen LogP contribution in [0.5, 0.6) is 5.75 Å². The molecule has 1 aromatic heterocycles. The number of aromatic nitrogens is 2. The summed E-state index contributed by atoms with van der Waals surface area (Å²) < 4.78 is 20.9. The Morgan fingerprint density at radius 3 is 2.53 bits per heavy atom. The van der Waals surface area contributed by atoms with Gasteiger partial charge in [0, 0.05) is 29.4 Å². The van der Waals surface area contributed by atoms with E-state index in [4.69, 9.17) is 9.84 Å². The van der Waals surface area contributed by atoms with Crippen LogP contribution in [-0.4, -0.2) is 22.3 Å². The Kier molecular flexibility index (Phi) is 6.60. The molecule has 1 N–H and O–H groups in total. The molecule has 0 fully saturated rings. The van der Waals surface area contributed by atoms with E-state index in [0.717, 1.165) is 34.7 Å². The Bertz CT molecular complexity index is 1190. The summed E-state index contributed by atoms with van der Waals surface area (Å²) in [7, 11) is 0. The van der Waals surface area contributed by atoms with E-state index in [-0.39, 0.29) is 18.0 Å². The number of amides is 1. The molecule has 0 aliphatic heterocycles. The fourth-order valence-electron chi connectivity index (χ4n) is 3.33. The third kappa shape index (κ3) is 5.03.